The third kappa shape index (κ3) is 2.18. The number of halogens is 1. The normalized spacial score (nSPS) is 10.8. The van der Waals surface area contributed by atoms with Crippen LogP contribution in [0.15, 0.2) is 42.6 Å². The van der Waals surface area contributed by atoms with Crippen LogP contribution in [0.2, 0.25) is 0 Å². The van der Waals surface area contributed by atoms with Crippen LogP contribution >= 0.6 is 0 Å². The number of ketones is 1. The number of nitrogens with one attached hydrogen (secondary N) is 1. The van der Waals surface area contributed by atoms with Gasteiger partial charge in [-0.1, -0.05) is 6.07 Å². The topological polar surface area (TPSA) is 42.1 Å². The Hall–Kier alpha value is -2.62. The fourth-order valence-corrected chi connectivity index (χ4v) is 2.44. The first-order valence-electron chi connectivity index (χ1n) is 6.56. The second kappa shape index (κ2) is 5.05. The van der Waals surface area contributed by atoms with Crippen molar-refractivity contribution in [2.24, 2.45) is 0 Å². The van der Waals surface area contributed by atoms with E-state index in [0.717, 1.165) is 10.9 Å². The number of aromatic nitrogens is 1. The van der Waals surface area contributed by atoms with Crippen LogP contribution in [0.25, 0.3) is 10.9 Å². The molecule has 3 aromatic rings. The van der Waals surface area contributed by atoms with Crippen molar-refractivity contribution in [2.45, 2.75) is 6.92 Å². The van der Waals surface area contributed by atoms with Crippen LogP contribution in [0, 0.1) is 12.7 Å². The second-order valence-corrected chi connectivity index (χ2v) is 4.88. The van der Waals surface area contributed by atoms with Gasteiger partial charge in [0.2, 0.25) is 0 Å². The molecular formula is C17H14FNO2. The molecule has 1 heterocycles. The highest BCUT2D eigenvalue weighted by Crippen LogP contribution is 2.30. The molecule has 0 unspecified atom stereocenters. The number of benzene rings is 2. The van der Waals surface area contributed by atoms with Crippen LogP contribution < -0.4 is 4.74 Å². The van der Waals surface area contributed by atoms with E-state index in [4.69, 9.17) is 4.74 Å². The number of rotatable bonds is 3. The number of carbonyl (C=O) groups excluding carboxylic acids is 1. The quantitative estimate of drug-likeness (QED) is 0.742. The molecule has 1 N–H and O–H groups in total. The molecule has 0 saturated heterocycles. The van der Waals surface area contributed by atoms with Gasteiger partial charge in [0.1, 0.15) is 11.6 Å². The molecule has 2 aromatic carbocycles. The summed E-state index contributed by atoms with van der Waals surface area (Å²) in [6.45, 7) is 1.64. The Morgan fingerprint density at radius 3 is 2.76 bits per heavy atom. The zero-order chi connectivity index (χ0) is 15.0. The molecular weight excluding hydrogens is 269 g/mol. The molecule has 0 fully saturated rings. The number of ether oxygens (including phenoxy) is 1. The van der Waals surface area contributed by atoms with Gasteiger partial charge in [0, 0.05) is 17.3 Å². The highest BCUT2D eigenvalue weighted by Gasteiger charge is 2.17. The first-order valence-corrected chi connectivity index (χ1v) is 6.56. The van der Waals surface area contributed by atoms with Gasteiger partial charge >= 0.3 is 0 Å². The number of hydrogen-bond acceptors (Lipinski definition) is 2. The molecule has 21 heavy (non-hydrogen) atoms. The number of H-pyrrole nitrogens is 1. The van der Waals surface area contributed by atoms with Crippen molar-refractivity contribution in [3.05, 3.63) is 65.1 Å². The fraction of sp³-hybridized carbons (Fsp3) is 0.118. The molecule has 0 bridgehead atoms. The summed E-state index contributed by atoms with van der Waals surface area (Å²) < 4.78 is 18.7. The van der Waals surface area contributed by atoms with Crippen LogP contribution in [-0.2, 0) is 0 Å². The first kappa shape index (κ1) is 13.4. The number of carbonyl (C=O) groups is 1. The number of aromatic amines is 1. The van der Waals surface area contributed by atoms with Gasteiger partial charge in [0.15, 0.2) is 5.78 Å². The summed E-state index contributed by atoms with van der Waals surface area (Å²) in [6, 6.07) is 9.92. The molecule has 0 amide bonds. The van der Waals surface area contributed by atoms with Crippen molar-refractivity contribution in [1.82, 2.24) is 4.98 Å². The van der Waals surface area contributed by atoms with E-state index in [2.05, 4.69) is 4.98 Å². The second-order valence-electron chi connectivity index (χ2n) is 4.88. The lowest BCUT2D eigenvalue weighted by Crippen LogP contribution is -2.02. The largest absolute Gasteiger partial charge is 0.496 e. The maximum atomic E-state index is 13.3. The maximum Gasteiger partial charge on any atom is 0.195 e. The summed E-state index contributed by atoms with van der Waals surface area (Å²) >= 11 is 0. The molecule has 0 aliphatic rings. The van der Waals surface area contributed by atoms with E-state index >= 15 is 0 Å². The zero-order valence-electron chi connectivity index (χ0n) is 11.7. The average Bonchev–Trinajstić information content (AvgIpc) is 2.93. The van der Waals surface area contributed by atoms with Crippen molar-refractivity contribution in [3.8, 4) is 5.75 Å². The van der Waals surface area contributed by atoms with Crippen molar-refractivity contribution in [3.63, 3.8) is 0 Å². The molecule has 0 aliphatic carbocycles. The maximum absolute atomic E-state index is 13.3. The molecule has 0 saturated carbocycles. The molecule has 3 rings (SSSR count). The average molecular weight is 283 g/mol. The smallest absolute Gasteiger partial charge is 0.195 e. The van der Waals surface area contributed by atoms with E-state index in [1.165, 1.54) is 12.1 Å². The van der Waals surface area contributed by atoms with E-state index in [1.54, 1.807) is 26.3 Å². The van der Waals surface area contributed by atoms with Gasteiger partial charge in [-0.15, -0.1) is 0 Å². The predicted octanol–water partition coefficient (Wildman–Crippen LogP) is 3.86. The number of hydrogen-bond donors (Lipinski definition) is 1. The van der Waals surface area contributed by atoms with Crippen molar-refractivity contribution in [2.75, 3.05) is 7.11 Å². The summed E-state index contributed by atoms with van der Waals surface area (Å²) in [5, 5.41) is 0.743. The molecule has 0 aliphatic heterocycles. The third-order valence-electron chi connectivity index (χ3n) is 3.55. The van der Waals surface area contributed by atoms with Crippen LogP contribution in [0.3, 0.4) is 0 Å². The number of aryl methyl sites for hydroxylation is 1. The minimum Gasteiger partial charge on any atom is -0.496 e. The summed E-state index contributed by atoms with van der Waals surface area (Å²) in [6.07, 6.45) is 1.66. The van der Waals surface area contributed by atoms with Crippen molar-refractivity contribution in [1.29, 1.82) is 0 Å². The Kier molecular flexibility index (Phi) is 3.22. The van der Waals surface area contributed by atoms with Gasteiger partial charge in [-0.05, 0) is 42.8 Å². The van der Waals surface area contributed by atoms with Crippen LogP contribution in [0.5, 0.6) is 5.75 Å². The van der Waals surface area contributed by atoms with Gasteiger partial charge < -0.3 is 9.72 Å². The molecule has 4 heteroatoms. The highest BCUT2D eigenvalue weighted by molar-refractivity contribution is 6.17. The molecule has 1 aromatic heterocycles. The summed E-state index contributed by atoms with van der Waals surface area (Å²) in [5.41, 5.74) is 2.26. The van der Waals surface area contributed by atoms with Gasteiger partial charge in [0.25, 0.3) is 0 Å². The van der Waals surface area contributed by atoms with E-state index in [0.29, 0.717) is 22.4 Å². The fourth-order valence-electron chi connectivity index (χ4n) is 2.44. The molecule has 0 spiro atoms. The van der Waals surface area contributed by atoms with Crippen LogP contribution in [-0.4, -0.2) is 17.9 Å². The summed E-state index contributed by atoms with van der Waals surface area (Å²) in [7, 11) is 1.57. The number of methoxy groups -OCH3 is 1. The molecule has 3 nitrogen and oxygen atoms in total. The van der Waals surface area contributed by atoms with Gasteiger partial charge in [-0.2, -0.15) is 0 Å². The Labute approximate surface area is 121 Å². The van der Waals surface area contributed by atoms with Crippen molar-refractivity contribution >= 4 is 16.7 Å². The van der Waals surface area contributed by atoms with Crippen LogP contribution in [0.4, 0.5) is 4.39 Å². The minimum absolute atomic E-state index is 0.158. The summed E-state index contributed by atoms with van der Waals surface area (Å²) in [5.74, 6) is 0.160. The van der Waals surface area contributed by atoms with E-state index < -0.39 is 0 Å². The minimum atomic E-state index is -0.317. The first-order chi connectivity index (χ1) is 10.1. The lowest BCUT2D eigenvalue weighted by molar-refractivity contribution is 0.104. The Balaban J connectivity index is 2.15. The predicted molar refractivity (Wildman–Crippen MR) is 79.4 cm³/mol. The zero-order valence-corrected chi connectivity index (χ0v) is 11.7. The van der Waals surface area contributed by atoms with Gasteiger partial charge in [-0.25, -0.2) is 4.39 Å². The molecule has 0 radical (unpaired) electrons. The highest BCUT2D eigenvalue weighted by atomic mass is 19.1. The molecule has 0 atom stereocenters. The Bertz CT molecular complexity index is 836. The van der Waals surface area contributed by atoms with E-state index in [1.807, 2.05) is 18.2 Å². The Morgan fingerprint density at radius 1 is 1.24 bits per heavy atom. The van der Waals surface area contributed by atoms with Crippen LogP contribution in [0.1, 0.15) is 21.5 Å². The van der Waals surface area contributed by atoms with Gasteiger partial charge in [-0.3, -0.25) is 4.79 Å². The third-order valence-corrected chi connectivity index (χ3v) is 3.55. The SMILES string of the molecule is COc1cccc2[nH]cc(C(=O)c3ccc(F)c(C)c3)c12. The lowest BCUT2D eigenvalue weighted by Gasteiger charge is -2.05. The van der Waals surface area contributed by atoms with E-state index in [9.17, 15) is 9.18 Å². The van der Waals surface area contributed by atoms with Gasteiger partial charge in [0.05, 0.1) is 18.1 Å². The van der Waals surface area contributed by atoms with Crippen molar-refractivity contribution < 1.29 is 13.9 Å². The standard InChI is InChI=1S/C17H14FNO2/c1-10-8-11(6-7-13(10)18)17(20)12-9-19-14-4-3-5-15(21-2)16(12)14/h3-9,19H,1-2H3. The lowest BCUT2D eigenvalue weighted by atomic mass is 10.0. The summed E-state index contributed by atoms with van der Waals surface area (Å²) in [4.78, 5) is 15.7. The monoisotopic (exact) mass is 283 g/mol. The molecule has 106 valence electrons. The number of fused-ring (bicyclic) bond motifs is 1. The Morgan fingerprint density at radius 2 is 2.05 bits per heavy atom. The van der Waals surface area contributed by atoms with E-state index in [-0.39, 0.29) is 11.6 Å².